The third-order valence-electron chi connectivity index (χ3n) is 3.70. The maximum absolute atomic E-state index is 5.47. The zero-order valence-electron chi connectivity index (χ0n) is 12.1. The van der Waals surface area contributed by atoms with Crippen LogP contribution in [0.2, 0.25) is 0 Å². The first-order valence-corrected chi connectivity index (χ1v) is 7.52. The van der Waals surface area contributed by atoms with Crippen molar-refractivity contribution in [3.05, 3.63) is 65.7 Å². The van der Waals surface area contributed by atoms with E-state index in [0.717, 1.165) is 25.0 Å². The van der Waals surface area contributed by atoms with Gasteiger partial charge in [0.25, 0.3) is 0 Å². The predicted molar refractivity (Wildman–Crippen MR) is 91.1 cm³/mol. The van der Waals surface area contributed by atoms with E-state index in [1.165, 1.54) is 16.8 Å². The van der Waals surface area contributed by atoms with Crippen molar-refractivity contribution in [3.8, 4) is 0 Å². The minimum atomic E-state index is 0.788. The topological polar surface area (TPSA) is 18.5 Å². The van der Waals surface area contributed by atoms with Gasteiger partial charge < -0.3 is 10.2 Å². The molecule has 2 aromatic carbocycles. The lowest BCUT2D eigenvalue weighted by Gasteiger charge is -2.38. The third-order valence-corrected chi connectivity index (χ3v) is 4.06. The Labute approximate surface area is 131 Å². The molecule has 1 heterocycles. The van der Waals surface area contributed by atoms with Crippen molar-refractivity contribution in [1.29, 1.82) is 0 Å². The fourth-order valence-electron chi connectivity index (χ4n) is 2.59. The number of rotatable bonds is 3. The first-order valence-electron chi connectivity index (χ1n) is 7.11. The summed E-state index contributed by atoms with van der Waals surface area (Å²) in [4.78, 5) is 4.51. The molecule has 0 unspecified atom stereocenters. The molecule has 3 rings (SSSR count). The fraction of sp³-hybridized carbons (Fsp3) is 0.235. The second-order valence-corrected chi connectivity index (χ2v) is 5.70. The molecule has 0 bridgehead atoms. The molecule has 1 N–H and O–H groups in total. The number of hydrogen-bond acceptors (Lipinski definition) is 2. The summed E-state index contributed by atoms with van der Waals surface area (Å²) in [5.41, 5.74) is 3.73. The number of nitrogens with zero attached hydrogens (tertiary/aromatic N) is 2. The van der Waals surface area contributed by atoms with Crippen LogP contribution in [-0.4, -0.2) is 23.3 Å². The second-order valence-electron chi connectivity index (χ2n) is 5.31. The Morgan fingerprint density at radius 3 is 2.52 bits per heavy atom. The second kappa shape index (κ2) is 6.24. The molecule has 0 amide bonds. The van der Waals surface area contributed by atoms with Gasteiger partial charge in [0, 0.05) is 12.2 Å². The molecule has 21 heavy (non-hydrogen) atoms. The van der Waals surface area contributed by atoms with E-state index in [9.17, 15) is 0 Å². The Morgan fingerprint density at radius 2 is 1.76 bits per heavy atom. The number of aryl methyl sites for hydroxylation is 1. The highest BCUT2D eigenvalue weighted by atomic mass is 32.1. The lowest BCUT2D eigenvalue weighted by Crippen LogP contribution is -2.56. The number of nitrogens with one attached hydrogen (secondary N) is 1. The van der Waals surface area contributed by atoms with Crippen LogP contribution in [-0.2, 0) is 6.54 Å². The summed E-state index contributed by atoms with van der Waals surface area (Å²) in [5, 5.41) is 4.11. The molecule has 0 aromatic heterocycles. The van der Waals surface area contributed by atoms with Crippen molar-refractivity contribution < 1.29 is 0 Å². The summed E-state index contributed by atoms with van der Waals surface area (Å²) >= 11 is 5.47. The maximum Gasteiger partial charge on any atom is 0.175 e. The van der Waals surface area contributed by atoms with Gasteiger partial charge in [0.2, 0.25) is 0 Å². The van der Waals surface area contributed by atoms with E-state index in [2.05, 4.69) is 70.6 Å². The molecule has 0 spiro atoms. The van der Waals surface area contributed by atoms with Crippen LogP contribution >= 0.6 is 12.2 Å². The van der Waals surface area contributed by atoms with E-state index in [1.807, 2.05) is 6.07 Å². The van der Waals surface area contributed by atoms with Gasteiger partial charge >= 0.3 is 0 Å². The highest BCUT2D eigenvalue weighted by Crippen LogP contribution is 2.22. The summed E-state index contributed by atoms with van der Waals surface area (Å²) in [6, 6.07) is 18.9. The molecule has 1 saturated heterocycles. The van der Waals surface area contributed by atoms with Gasteiger partial charge in [-0.3, -0.25) is 4.90 Å². The molecule has 0 radical (unpaired) electrons. The monoisotopic (exact) mass is 297 g/mol. The third kappa shape index (κ3) is 3.23. The number of anilines is 1. The van der Waals surface area contributed by atoms with Gasteiger partial charge in [-0.2, -0.15) is 0 Å². The summed E-state index contributed by atoms with van der Waals surface area (Å²) in [6.45, 7) is 4.63. The van der Waals surface area contributed by atoms with Crippen molar-refractivity contribution in [1.82, 2.24) is 10.2 Å². The Balaban J connectivity index is 1.76. The van der Waals surface area contributed by atoms with Gasteiger partial charge in [-0.05, 0) is 36.3 Å². The summed E-state index contributed by atoms with van der Waals surface area (Å²) < 4.78 is 0. The average molecular weight is 297 g/mol. The average Bonchev–Trinajstić information content (AvgIpc) is 2.51. The van der Waals surface area contributed by atoms with Gasteiger partial charge in [0.05, 0.1) is 13.3 Å². The minimum absolute atomic E-state index is 0.788. The van der Waals surface area contributed by atoms with Crippen molar-refractivity contribution in [3.63, 3.8) is 0 Å². The molecular weight excluding hydrogens is 278 g/mol. The van der Waals surface area contributed by atoms with E-state index in [4.69, 9.17) is 12.2 Å². The lowest BCUT2D eigenvalue weighted by atomic mass is 10.2. The quantitative estimate of drug-likeness (QED) is 0.877. The first-order chi connectivity index (χ1) is 10.2. The Kier molecular flexibility index (Phi) is 4.18. The van der Waals surface area contributed by atoms with Crippen molar-refractivity contribution in [2.45, 2.75) is 13.5 Å². The molecule has 1 fully saturated rings. The molecule has 1 aliphatic heterocycles. The van der Waals surface area contributed by atoms with Gasteiger partial charge in [-0.1, -0.05) is 48.5 Å². The van der Waals surface area contributed by atoms with Crippen LogP contribution in [0.3, 0.4) is 0 Å². The van der Waals surface area contributed by atoms with Crippen LogP contribution in [0.4, 0.5) is 5.69 Å². The summed E-state index contributed by atoms with van der Waals surface area (Å²) in [7, 11) is 0. The maximum atomic E-state index is 5.47. The van der Waals surface area contributed by atoms with Crippen molar-refractivity contribution >= 4 is 23.0 Å². The molecule has 0 atom stereocenters. The van der Waals surface area contributed by atoms with E-state index in [1.54, 1.807) is 0 Å². The molecule has 2 aromatic rings. The van der Waals surface area contributed by atoms with E-state index < -0.39 is 0 Å². The van der Waals surface area contributed by atoms with Crippen LogP contribution < -0.4 is 10.2 Å². The van der Waals surface area contributed by atoms with Crippen LogP contribution in [0.5, 0.6) is 0 Å². The van der Waals surface area contributed by atoms with Gasteiger partial charge in [-0.15, -0.1) is 0 Å². The van der Waals surface area contributed by atoms with Crippen LogP contribution in [0.1, 0.15) is 11.1 Å². The Hall–Kier alpha value is -1.91. The van der Waals surface area contributed by atoms with Crippen LogP contribution in [0, 0.1) is 6.92 Å². The SMILES string of the molecule is Cc1ccccc1N1CN(Cc2ccccc2)CNC1=S. The molecule has 3 nitrogen and oxygen atoms in total. The van der Waals surface area contributed by atoms with Crippen molar-refractivity contribution in [2.75, 3.05) is 18.2 Å². The summed E-state index contributed by atoms with van der Waals surface area (Å²) in [5.74, 6) is 0. The normalized spacial score (nSPS) is 15.9. The highest BCUT2D eigenvalue weighted by Gasteiger charge is 2.22. The van der Waals surface area contributed by atoms with Gasteiger partial charge in [-0.25, -0.2) is 0 Å². The number of thiocarbonyl (C=S) groups is 1. The number of para-hydroxylation sites is 1. The standard InChI is InChI=1S/C17H19N3S/c1-14-7-5-6-10-16(14)20-13-19(12-18-17(20)21)11-15-8-3-2-4-9-15/h2-10H,11-13H2,1H3,(H,18,21). The predicted octanol–water partition coefficient (Wildman–Crippen LogP) is 3.11. The number of benzene rings is 2. The van der Waals surface area contributed by atoms with E-state index in [0.29, 0.717) is 0 Å². The molecule has 1 aliphatic rings. The molecule has 0 aliphatic carbocycles. The first kappa shape index (κ1) is 14.0. The Morgan fingerprint density at radius 1 is 1.05 bits per heavy atom. The van der Waals surface area contributed by atoms with Gasteiger partial charge in [0.1, 0.15) is 0 Å². The van der Waals surface area contributed by atoms with E-state index >= 15 is 0 Å². The lowest BCUT2D eigenvalue weighted by molar-refractivity contribution is 0.252. The molecule has 4 heteroatoms. The smallest absolute Gasteiger partial charge is 0.175 e. The molecule has 108 valence electrons. The zero-order valence-corrected chi connectivity index (χ0v) is 12.9. The van der Waals surface area contributed by atoms with Crippen molar-refractivity contribution in [2.24, 2.45) is 0 Å². The largest absolute Gasteiger partial charge is 0.349 e. The van der Waals surface area contributed by atoms with E-state index in [-0.39, 0.29) is 0 Å². The van der Waals surface area contributed by atoms with Crippen LogP contribution in [0.15, 0.2) is 54.6 Å². The van der Waals surface area contributed by atoms with Crippen LogP contribution in [0.25, 0.3) is 0 Å². The number of hydrogen-bond donors (Lipinski definition) is 1. The minimum Gasteiger partial charge on any atom is -0.349 e. The Bertz CT molecular complexity index is 627. The van der Waals surface area contributed by atoms with Gasteiger partial charge in [0.15, 0.2) is 5.11 Å². The molecule has 0 saturated carbocycles. The fourth-order valence-corrected chi connectivity index (χ4v) is 2.81. The zero-order chi connectivity index (χ0) is 14.7. The molecular formula is C17H19N3S. The summed E-state index contributed by atoms with van der Waals surface area (Å²) in [6.07, 6.45) is 0. The highest BCUT2D eigenvalue weighted by molar-refractivity contribution is 7.80.